The summed E-state index contributed by atoms with van der Waals surface area (Å²) in [6, 6.07) is 0. The Balaban J connectivity index is 3.25. The van der Waals surface area contributed by atoms with Crippen molar-refractivity contribution in [1.82, 2.24) is 0 Å². The summed E-state index contributed by atoms with van der Waals surface area (Å²) in [5, 5.41) is 9.69. The van der Waals surface area contributed by atoms with Crippen LogP contribution in [0.25, 0.3) is 0 Å². The van der Waals surface area contributed by atoms with Gasteiger partial charge in [0.1, 0.15) is 4.92 Å². The normalized spacial score (nSPS) is 9.18. The molecule has 0 radical (unpaired) electrons. The molecule has 0 N–H and O–H groups in total. The van der Waals surface area contributed by atoms with Crippen LogP contribution in [-0.2, 0) is 4.74 Å². The number of nitro groups is 1. The lowest BCUT2D eigenvalue weighted by Gasteiger charge is -1.95. The number of carbonyl (C=O) groups is 1. The fourth-order valence-electron chi connectivity index (χ4n) is 0.564. The van der Waals surface area contributed by atoms with Gasteiger partial charge in [-0.15, -0.1) is 0 Å². The van der Waals surface area contributed by atoms with E-state index in [9.17, 15) is 14.9 Å². The molecule has 0 aromatic heterocycles. The van der Waals surface area contributed by atoms with Crippen molar-refractivity contribution in [2.45, 2.75) is 26.2 Å². The summed E-state index contributed by atoms with van der Waals surface area (Å²) in [5.74, 6) is 0. The number of nitrogens with zero attached hydrogens (tertiary/aromatic N) is 1. The molecule has 0 aliphatic carbocycles. The second-order valence-corrected chi connectivity index (χ2v) is 2.08. The third-order valence-corrected chi connectivity index (χ3v) is 1.12. The molecular weight excluding hydrogens is 150 g/mol. The van der Waals surface area contributed by atoms with Crippen molar-refractivity contribution in [1.29, 1.82) is 0 Å². The zero-order chi connectivity index (χ0) is 8.69. The van der Waals surface area contributed by atoms with E-state index in [0.717, 1.165) is 12.8 Å². The van der Waals surface area contributed by atoms with Crippen molar-refractivity contribution in [3.8, 4) is 0 Å². The van der Waals surface area contributed by atoms with E-state index in [1.165, 1.54) is 0 Å². The first-order valence-corrected chi connectivity index (χ1v) is 3.49. The van der Waals surface area contributed by atoms with E-state index >= 15 is 0 Å². The van der Waals surface area contributed by atoms with E-state index in [1.54, 1.807) is 0 Å². The van der Waals surface area contributed by atoms with Crippen LogP contribution < -0.4 is 0 Å². The fraction of sp³-hybridized carbons (Fsp3) is 0.833. The molecule has 1 amide bonds. The zero-order valence-corrected chi connectivity index (χ0v) is 6.41. The first-order chi connectivity index (χ1) is 5.18. The van der Waals surface area contributed by atoms with Crippen LogP contribution in [0.15, 0.2) is 0 Å². The van der Waals surface area contributed by atoms with Gasteiger partial charge in [-0.2, -0.15) is 4.79 Å². The Bertz CT molecular complexity index is 146. The molecule has 64 valence electrons. The van der Waals surface area contributed by atoms with Gasteiger partial charge < -0.3 is 4.74 Å². The van der Waals surface area contributed by atoms with E-state index < -0.39 is 11.0 Å². The van der Waals surface area contributed by atoms with Crippen LogP contribution >= 0.6 is 0 Å². The van der Waals surface area contributed by atoms with E-state index in [2.05, 4.69) is 4.74 Å². The third kappa shape index (κ3) is 5.32. The predicted molar refractivity (Wildman–Crippen MR) is 37.9 cm³/mol. The van der Waals surface area contributed by atoms with E-state index in [1.807, 2.05) is 6.92 Å². The second-order valence-electron chi connectivity index (χ2n) is 2.08. The highest BCUT2D eigenvalue weighted by atomic mass is 16.7. The molecule has 0 unspecified atom stereocenters. The van der Waals surface area contributed by atoms with Gasteiger partial charge in [0, 0.05) is 0 Å². The average Bonchev–Trinajstić information content (AvgIpc) is 1.97. The van der Waals surface area contributed by atoms with E-state index in [0.29, 0.717) is 6.42 Å². The van der Waals surface area contributed by atoms with Crippen LogP contribution in [0.3, 0.4) is 0 Å². The quantitative estimate of drug-likeness (QED) is 0.356. The Kier molecular flexibility index (Phi) is 5.06. The van der Waals surface area contributed by atoms with Gasteiger partial charge in [0.25, 0.3) is 0 Å². The summed E-state index contributed by atoms with van der Waals surface area (Å²) in [5.41, 5.74) is 0. The molecule has 0 aliphatic rings. The number of hydrogen-bond donors (Lipinski definition) is 0. The van der Waals surface area contributed by atoms with Crippen LogP contribution in [0.4, 0.5) is 4.79 Å². The molecule has 0 aromatic carbocycles. The molecule has 0 saturated carbocycles. The molecule has 0 aliphatic heterocycles. The topological polar surface area (TPSA) is 69.4 Å². The number of rotatable bonds is 4. The van der Waals surface area contributed by atoms with Crippen LogP contribution in [0, 0.1) is 10.1 Å². The second kappa shape index (κ2) is 5.64. The molecule has 5 heteroatoms. The summed E-state index contributed by atoms with van der Waals surface area (Å²) in [6.45, 7) is 2.14. The van der Waals surface area contributed by atoms with Crippen molar-refractivity contribution in [2.75, 3.05) is 6.61 Å². The monoisotopic (exact) mass is 161 g/mol. The Hall–Kier alpha value is -1.13. The van der Waals surface area contributed by atoms with Crippen LogP contribution in [0.2, 0.25) is 0 Å². The fourth-order valence-corrected chi connectivity index (χ4v) is 0.564. The summed E-state index contributed by atoms with van der Waals surface area (Å²) in [4.78, 5) is 18.8. The molecule has 11 heavy (non-hydrogen) atoms. The number of carbonyl (C=O) groups excluding carboxylic acids is 1. The predicted octanol–water partition coefficient (Wildman–Crippen LogP) is 1.59. The molecule has 0 rings (SSSR count). The van der Waals surface area contributed by atoms with Crippen molar-refractivity contribution in [2.24, 2.45) is 0 Å². The minimum atomic E-state index is -1.36. The Morgan fingerprint density at radius 3 is 2.64 bits per heavy atom. The SMILES string of the molecule is CCCCCOC(=O)[N+](=O)[O-]. The standard InChI is InChI=1S/C6H11NO4/c1-2-3-4-5-11-6(8)7(9)10/h2-5H2,1H3. The van der Waals surface area contributed by atoms with Gasteiger partial charge >= 0.3 is 6.09 Å². The average molecular weight is 161 g/mol. The zero-order valence-electron chi connectivity index (χ0n) is 6.41. The largest absolute Gasteiger partial charge is 0.656 e. The van der Waals surface area contributed by atoms with E-state index in [-0.39, 0.29) is 6.61 Å². The van der Waals surface area contributed by atoms with Crippen LogP contribution in [-0.4, -0.2) is 17.6 Å². The summed E-state index contributed by atoms with van der Waals surface area (Å²) in [7, 11) is 0. The molecule has 0 heterocycles. The molecule has 0 fully saturated rings. The summed E-state index contributed by atoms with van der Waals surface area (Å²) in [6.07, 6.45) is 1.25. The molecular formula is C6H11NO4. The highest BCUT2D eigenvalue weighted by Crippen LogP contribution is 1.94. The molecule has 5 nitrogen and oxygen atoms in total. The Morgan fingerprint density at radius 2 is 2.18 bits per heavy atom. The molecule has 0 saturated heterocycles. The van der Waals surface area contributed by atoms with Crippen molar-refractivity contribution >= 4 is 6.09 Å². The van der Waals surface area contributed by atoms with Gasteiger partial charge in [-0.05, 0) is 6.42 Å². The Labute approximate surface area is 64.5 Å². The van der Waals surface area contributed by atoms with Gasteiger partial charge in [0.05, 0.1) is 6.61 Å². The first-order valence-electron chi connectivity index (χ1n) is 3.49. The van der Waals surface area contributed by atoms with Crippen molar-refractivity contribution in [3.05, 3.63) is 10.1 Å². The molecule has 0 spiro atoms. The maximum Gasteiger partial charge on any atom is 0.656 e. The molecule has 0 atom stereocenters. The number of amides is 1. The lowest BCUT2D eigenvalue weighted by Crippen LogP contribution is -2.13. The first kappa shape index (κ1) is 9.87. The van der Waals surface area contributed by atoms with Crippen molar-refractivity contribution < 1.29 is 14.5 Å². The highest BCUT2D eigenvalue weighted by molar-refractivity contribution is 5.57. The minimum absolute atomic E-state index is 0.146. The number of ether oxygens (including phenoxy) is 1. The summed E-state index contributed by atoms with van der Waals surface area (Å²) >= 11 is 0. The van der Waals surface area contributed by atoms with E-state index in [4.69, 9.17) is 0 Å². The lowest BCUT2D eigenvalue weighted by atomic mass is 10.3. The van der Waals surface area contributed by atoms with Crippen LogP contribution in [0.5, 0.6) is 0 Å². The van der Waals surface area contributed by atoms with Gasteiger partial charge in [0.15, 0.2) is 0 Å². The minimum Gasteiger partial charge on any atom is -0.408 e. The highest BCUT2D eigenvalue weighted by Gasteiger charge is 2.15. The van der Waals surface area contributed by atoms with Gasteiger partial charge in [-0.3, -0.25) is 10.1 Å². The van der Waals surface area contributed by atoms with Gasteiger partial charge in [-0.25, -0.2) is 0 Å². The number of unbranched alkanes of at least 4 members (excludes halogenated alkanes) is 2. The number of hydrogen-bond acceptors (Lipinski definition) is 4. The maximum absolute atomic E-state index is 10.2. The summed E-state index contributed by atoms with van der Waals surface area (Å²) < 4.78 is 4.27. The van der Waals surface area contributed by atoms with Crippen molar-refractivity contribution in [3.63, 3.8) is 0 Å². The third-order valence-electron chi connectivity index (χ3n) is 1.12. The van der Waals surface area contributed by atoms with Gasteiger partial charge in [0.2, 0.25) is 0 Å². The van der Waals surface area contributed by atoms with Crippen LogP contribution in [0.1, 0.15) is 26.2 Å². The lowest BCUT2D eigenvalue weighted by molar-refractivity contribution is -0.396. The molecule has 0 aromatic rings. The molecule has 0 bridgehead atoms. The van der Waals surface area contributed by atoms with Gasteiger partial charge in [-0.1, -0.05) is 19.8 Å². The maximum atomic E-state index is 10.2. The Morgan fingerprint density at radius 1 is 1.55 bits per heavy atom. The smallest absolute Gasteiger partial charge is 0.408 e.